The van der Waals surface area contributed by atoms with Gasteiger partial charge in [-0.25, -0.2) is 12.8 Å². The third-order valence-electron chi connectivity index (χ3n) is 3.35. The average molecular weight is 301 g/mol. The molecule has 1 fully saturated rings. The monoisotopic (exact) mass is 301 g/mol. The van der Waals surface area contributed by atoms with Gasteiger partial charge in [-0.1, -0.05) is 6.07 Å². The van der Waals surface area contributed by atoms with Gasteiger partial charge in [0.25, 0.3) is 0 Å². The lowest BCUT2D eigenvalue weighted by molar-refractivity contribution is 0.254. The first-order valence-electron chi connectivity index (χ1n) is 6.66. The van der Waals surface area contributed by atoms with Crippen molar-refractivity contribution in [1.82, 2.24) is 10.2 Å². The van der Waals surface area contributed by atoms with Crippen molar-refractivity contribution < 1.29 is 12.8 Å². The molecule has 1 aromatic carbocycles. The minimum Gasteiger partial charge on any atom is -0.314 e. The van der Waals surface area contributed by atoms with Gasteiger partial charge in [0, 0.05) is 32.7 Å². The van der Waals surface area contributed by atoms with Crippen LogP contribution in [0.25, 0.3) is 0 Å². The summed E-state index contributed by atoms with van der Waals surface area (Å²) in [5.74, 6) is -0.432. The molecule has 112 valence electrons. The number of rotatable bonds is 5. The minimum atomic E-state index is -3.45. The van der Waals surface area contributed by atoms with Gasteiger partial charge in [0.05, 0.1) is 11.4 Å². The van der Waals surface area contributed by atoms with E-state index in [0.717, 1.165) is 26.2 Å². The number of piperazine rings is 1. The summed E-state index contributed by atoms with van der Waals surface area (Å²) in [6.07, 6.45) is 0. The molecule has 7 heteroatoms. The Morgan fingerprint density at radius 2 is 2.05 bits per heavy atom. The lowest BCUT2D eigenvalue weighted by Gasteiger charge is -2.27. The van der Waals surface area contributed by atoms with E-state index >= 15 is 0 Å². The van der Waals surface area contributed by atoms with Gasteiger partial charge in [-0.05, 0) is 24.6 Å². The highest BCUT2D eigenvalue weighted by Gasteiger charge is 2.16. The zero-order valence-corrected chi connectivity index (χ0v) is 12.3. The predicted octanol–water partition coefficient (Wildman–Crippen LogP) is 0.781. The van der Waals surface area contributed by atoms with E-state index in [-0.39, 0.29) is 5.75 Å². The summed E-state index contributed by atoms with van der Waals surface area (Å²) in [6.45, 7) is 5.72. The van der Waals surface area contributed by atoms with Crippen molar-refractivity contribution in [3.05, 3.63) is 29.6 Å². The van der Waals surface area contributed by atoms with Gasteiger partial charge in [0.1, 0.15) is 5.82 Å². The standard InChI is InChI=1S/C13H20FN3O2S/c1-11-2-3-12(14)10-13(11)16-20(18,19)9-8-17-6-4-15-5-7-17/h2-3,10,15-16H,4-9H2,1H3. The third-order valence-corrected chi connectivity index (χ3v) is 4.60. The van der Waals surface area contributed by atoms with Crippen LogP contribution in [0.1, 0.15) is 5.56 Å². The third kappa shape index (κ3) is 4.43. The van der Waals surface area contributed by atoms with Crippen molar-refractivity contribution >= 4 is 15.7 Å². The summed E-state index contributed by atoms with van der Waals surface area (Å²) in [7, 11) is -3.45. The van der Waals surface area contributed by atoms with Gasteiger partial charge in [-0.2, -0.15) is 0 Å². The maximum absolute atomic E-state index is 13.1. The van der Waals surface area contributed by atoms with Gasteiger partial charge >= 0.3 is 0 Å². The van der Waals surface area contributed by atoms with Crippen molar-refractivity contribution in [2.45, 2.75) is 6.92 Å². The van der Waals surface area contributed by atoms with Crippen LogP contribution >= 0.6 is 0 Å². The molecule has 1 aliphatic heterocycles. The second kappa shape index (κ2) is 6.51. The zero-order valence-electron chi connectivity index (χ0n) is 11.5. The molecule has 0 saturated carbocycles. The fourth-order valence-electron chi connectivity index (χ4n) is 2.11. The Balaban J connectivity index is 1.94. The smallest absolute Gasteiger partial charge is 0.233 e. The lowest BCUT2D eigenvalue weighted by atomic mass is 10.2. The Hall–Kier alpha value is -1.18. The van der Waals surface area contributed by atoms with E-state index in [1.165, 1.54) is 12.1 Å². The van der Waals surface area contributed by atoms with Crippen LogP contribution in [-0.2, 0) is 10.0 Å². The highest BCUT2D eigenvalue weighted by Crippen LogP contribution is 2.17. The molecule has 0 aromatic heterocycles. The van der Waals surface area contributed by atoms with E-state index in [2.05, 4.69) is 14.9 Å². The normalized spacial score (nSPS) is 17.1. The highest BCUT2D eigenvalue weighted by atomic mass is 32.2. The Kier molecular flexibility index (Phi) is 4.95. The molecule has 2 N–H and O–H groups in total. The van der Waals surface area contributed by atoms with Gasteiger partial charge in [-0.3, -0.25) is 9.62 Å². The molecule has 0 aliphatic carbocycles. The molecule has 2 rings (SSSR count). The second-order valence-electron chi connectivity index (χ2n) is 4.97. The topological polar surface area (TPSA) is 61.4 Å². The number of nitrogens with zero attached hydrogens (tertiary/aromatic N) is 1. The van der Waals surface area contributed by atoms with E-state index in [1.807, 2.05) is 0 Å². The molecule has 0 unspecified atom stereocenters. The number of hydrogen-bond donors (Lipinski definition) is 2. The number of halogens is 1. The first kappa shape index (κ1) is 15.2. The quantitative estimate of drug-likeness (QED) is 0.844. The first-order valence-corrected chi connectivity index (χ1v) is 8.31. The molecule has 1 aliphatic rings. The summed E-state index contributed by atoms with van der Waals surface area (Å²) in [4.78, 5) is 2.11. The number of sulfonamides is 1. The van der Waals surface area contributed by atoms with E-state index in [4.69, 9.17) is 0 Å². The molecular formula is C13H20FN3O2S. The number of hydrogen-bond acceptors (Lipinski definition) is 4. The van der Waals surface area contributed by atoms with Crippen LogP contribution in [0.15, 0.2) is 18.2 Å². The van der Waals surface area contributed by atoms with E-state index in [0.29, 0.717) is 17.8 Å². The van der Waals surface area contributed by atoms with Gasteiger partial charge in [0.15, 0.2) is 0 Å². The van der Waals surface area contributed by atoms with Crippen LogP contribution < -0.4 is 10.0 Å². The predicted molar refractivity (Wildman–Crippen MR) is 77.9 cm³/mol. The van der Waals surface area contributed by atoms with Crippen LogP contribution in [0.3, 0.4) is 0 Å². The minimum absolute atomic E-state index is 0.0168. The van der Waals surface area contributed by atoms with Crippen molar-refractivity contribution in [3.8, 4) is 0 Å². The van der Waals surface area contributed by atoms with E-state index < -0.39 is 15.8 Å². The maximum Gasteiger partial charge on any atom is 0.233 e. The van der Waals surface area contributed by atoms with Crippen molar-refractivity contribution in [2.75, 3.05) is 43.2 Å². The summed E-state index contributed by atoms with van der Waals surface area (Å²) < 4.78 is 39.7. The van der Waals surface area contributed by atoms with Crippen molar-refractivity contribution in [1.29, 1.82) is 0 Å². The van der Waals surface area contributed by atoms with Crippen LogP contribution in [0, 0.1) is 12.7 Å². The Morgan fingerprint density at radius 1 is 1.35 bits per heavy atom. The number of benzene rings is 1. The molecule has 0 atom stereocenters. The average Bonchev–Trinajstić information content (AvgIpc) is 2.42. The zero-order chi connectivity index (χ0) is 14.6. The van der Waals surface area contributed by atoms with Crippen molar-refractivity contribution in [2.24, 2.45) is 0 Å². The van der Waals surface area contributed by atoms with Crippen LogP contribution in [-0.4, -0.2) is 51.8 Å². The Bertz CT molecular complexity index is 557. The molecule has 20 heavy (non-hydrogen) atoms. The fraction of sp³-hybridized carbons (Fsp3) is 0.538. The largest absolute Gasteiger partial charge is 0.314 e. The van der Waals surface area contributed by atoms with Gasteiger partial charge < -0.3 is 5.32 Å². The molecule has 0 amide bonds. The molecule has 1 heterocycles. The molecule has 1 aromatic rings. The SMILES string of the molecule is Cc1ccc(F)cc1NS(=O)(=O)CCN1CCNCC1. The maximum atomic E-state index is 13.1. The van der Waals surface area contributed by atoms with E-state index in [1.54, 1.807) is 13.0 Å². The van der Waals surface area contributed by atoms with E-state index in [9.17, 15) is 12.8 Å². The first-order chi connectivity index (χ1) is 9.46. The summed E-state index contributed by atoms with van der Waals surface area (Å²) in [5.41, 5.74) is 1.02. The van der Waals surface area contributed by atoms with Crippen LogP contribution in [0.2, 0.25) is 0 Å². The highest BCUT2D eigenvalue weighted by molar-refractivity contribution is 7.92. The Labute approximate surface area is 119 Å². The number of aryl methyl sites for hydroxylation is 1. The molecule has 5 nitrogen and oxygen atoms in total. The lowest BCUT2D eigenvalue weighted by Crippen LogP contribution is -2.45. The second-order valence-corrected chi connectivity index (χ2v) is 6.81. The Morgan fingerprint density at radius 3 is 2.75 bits per heavy atom. The van der Waals surface area contributed by atoms with Gasteiger partial charge in [0.2, 0.25) is 10.0 Å². The van der Waals surface area contributed by atoms with Crippen LogP contribution in [0.4, 0.5) is 10.1 Å². The number of anilines is 1. The molecular weight excluding hydrogens is 281 g/mol. The molecule has 1 saturated heterocycles. The van der Waals surface area contributed by atoms with Crippen molar-refractivity contribution in [3.63, 3.8) is 0 Å². The summed E-state index contributed by atoms with van der Waals surface area (Å²) in [6, 6.07) is 4.08. The van der Waals surface area contributed by atoms with Crippen LogP contribution in [0.5, 0.6) is 0 Å². The molecule has 0 radical (unpaired) electrons. The van der Waals surface area contributed by atoms with Gasteiger partial charge in [-0.15, -0.1) is 0 Å². The summed E-state index contributed by atoms with van der Waals surface area (Å²) >= 11 is 0. The number of nitrogens with one attached hydrogen (secondary N) is 2. The molecule has 0 spiro atoms. The fourth-order valence-corrected chi connectivity index (χ4v) is 3.26. The molecule has 0 bridgehead atoms. The summed E-state index contributed by atoms with van der Waals surface area (Å²) in [5, 5.41) is 3.22.